The summed E-state index contributed by atoms with van der Waals surface area (Å²) in [6.45, 7) is 0.679. The van der Waals surface area contributed by atoms with E-state index >= 15 is 0 Å². The van der Waals surface area contributed by atoms with E-state index < -0.39 is 0 Å². The second-order valence-corrected chi connectivity index (χ2v) is 6.43. The SMILES string of the molecule is CN(C)C(=O)c1cccc(NC(=O)c2cccc(N3CCCC3=O)c2)c1. The maximum absolute atomic E-state index is 12.6. The molecule has 0 spiro atoms. The zero-order valence-electron chi connectivity index (χ0n) is 14.9. The molecule has 1 N–H and O–H groups in total. The van der Waals surface area contributed by atoms with Crippen molar-refractivity contribution < 1.29 is 14.4 Å². The molecule has 134 valence electrons. The van der Waals surface area contributed by atoms with E-state index in [1.165, 1.54) is 4.90 Å². The molecule has 0 aromatic heterocycles. The van der Waals surface area contributed by atoms with Crippen molar-refractivity contribution in [1.29, 1.82) is 0 Å². The van der Waals surface area contributed by atoms with Crippen LogP contribution in [0.3, 0.4) is 0 Å². The average molecular weight is 351 g/mol. The van der Waals surface area contributed by atoms with Crippen LogP contribution in [0.25, 0.3) is 0 Å². The average Bonchev–Trinajstić information content (AvgIpc) is 3.07. The Morgan fingerprint density at radius 2 is 1.77 bits per heavy atom. The van der Waals surface area contributed by atoms with Gasteiger partial charge in [0.2, 0.25) is 5.91 Å². The highest BCUT2D eigenvalue weighted by Gasteiger charge is 2.22. The van der Waals surface area contributed by atoms with Crippen LogP contribution in [-0.4, -0.2) is 43.3 Å². The fourth-order valence-corrected chi connectivity index (χ4v) is 2.93. The molecule has 0 atom stereocenters. The van der Waals surface area contributed by atoms with Crippen LogP contribution >= 0.6 is 0 Å². The highest BCUT2D eigenvalue weighted by molar-refractivity contribution is 6.06. The van der Waals surface area contributed by atoms with Crippen LogP contribution < -0.4 is 10.2 Å². The van der Waals surface area contributed by atoms with Gasteiger partial charge in [0.1, 0.15) is 0 Å². The predicted octanol–water partition coefficient (Wildman–Crippen LogP) is 2.77. The Kier molecular flexibility index (Phi) is 5.02. The van der Waals surface area contributed by atoms with Gasteiger partial charge in [-0.05, 0) is 42.8 Å². The summed E-state index contributed by atoms with van der Waals surface area (Å²) in [7, 11) is 3.36. The van der Waals surface area contributed by atoms with Crippen LogP contribution in [0.2, 0.25) is 0 Å². The smallest absolute Gasteiger partial charge is 0.255 e. The molecule has 0 saturated carbocycles. The Morgan fingerprint density at radius 3 is 2.46 bits per heavy atom. The Hall–Kier alpha value is -3.15. The summed E-state index contributed by atoms with van der Waals surface area (Å²) in [5.41, 5.74) is 2.25. The van der Waals surface area contributed by atoms with Gasteiger partial charge in [0.25, 0.3) is 11.8 Å². The molecule has 0 bridgehead atoms. The molecule has 1 saturated heterocycles. The molecule has 3 amide bonds. The fourth-order valence-electron chi connectivity index (χ4n) is 2.93. The van der Waals surface area contributed by atoms with Crippen molar-refractivity contribution in [3.8, 4) is 0 Å². The molecule has 3 rings (SSSR count). The molecule has 6 heteroatoms. The minimum absolute atomic E-state index is 0.0810. The molecular formula is C20H21N3O3. The minimum atomic E-state index is -0.284. The normalized spacial score (nSPS) is 13.6. The lowest BCUT2D eigenvalue weighted by atomic mass is 10.1. The minimum Gasteiger partial charge on any atom is -0.345 e. The van der Waals surface area contributed by atoms with E-state index in [-0.39, 0.29) is 17.7 Å². The maximum Gasteiger partial charge on any atom is 0.255 e. The van der Waals surface area contributed by atoms with Crippen molar-refractivity contribution in [3.05, 3.63) is 59.7 Å². The van der Waals surface area contributed by atoms with Crippen molar-refractivity contribution in [2.24, 2.45) is 0 Å². The van der Waals surface area contributed by atoms with Crippen LogP contribution in [0, 0.1) is 0 Å². The summed E-state index contributed by atoms with van der Waals surface area (Å²) in [5, 5.41) is 2.81. The van der Waals surface area contributed by atoms with E-state index in [2.05, 4.69) is 5.32 Å². The first kappa shape index (κ1) is 17.7. The number of hydrogen-bond acceptors (Lipinski definition) is 3. The van der Waals surface area contributed by atoms with Crippen LogP contribution in [0.15, 0.2) is 48.5 Å². The van der Waals surface area contributed by atoms with Gasteiger partial charge in [-0.15, -0.1) is 0 Å². The summed E-state index contributed by atoms with van der Waals surface area (Å²) in [5.74, 6) is -0.332. The molecule has 2 aromatic rings. The van der Waals surface area contributed by atoms with Gasteiger partial charge in [-0.2, -0.15) is 0 Å². The number of hydrogen-bond donors (Lipinski definition) is 1. The standard InChI is InChI=1S/C20H21N3O3/c1-22(2)20(26)15-7-3-8-16(12-15)21-19(25)14-6-4-9-17(13-14)23-11-5-10-18(23)24/h3-4,6-9,12-13H,5,10-11H2,1-2H3,(H,21,25). The van der Waals surface area contributed by atoms with Crippen molar-refractivity contribution >= 4 is 29.1 Å². The largest absolute Gasteiger partial charge is 0.345 e. The van der Waals surface area contributed by atoms with Crippen LogP contribution in [0.1, 0.15) is 33.6 Å². The van der Waals surface area contributed by atoms with E-state index in [1.54, 1.807) is 61.5 Å². The first-order valence-electron chi connectivity index (χ1n) is 8.49. The summed E-state index contributed by atoms with van der Waals surface area (Å²) in [6, 6.07) is 13.8. The van der Waals surface area contributed by atoms with E-state index in [0.29, 0.717) is 29.8 Å². The lowest BCUT2D eigenvalue weighted by Gasteiger charge is -2.16. The zero-order chi connectivity index (χ0) is 18.7. The van der Waals surface area contributed by atoms with Gasteiger partial charge in [-0.3, -0.25) is 14.4 Å². The number of rotatable bonds is 4. The Bertz CT molecular complexity index is 861. The van der Waals surface area contributed by atoms with Gasteiger partial charge in [-0.25, -0.2) is 0 Å². The molecule has 6 nitrogen and oxygen atoms in total. The Morgan fingerprint density at radius 1 is 1.04 bits per heavy atom. The second-order valence-electron chi connectivity index (χ2n) is 6.43. The second kappa shape index (κ2) is 7.39. The van der Waals surface area contributed by atoms with Crippen LogP contribution in [-0.2, 0) is 4.79 Å². The van der Waals surface area contributed by atoms with Gasteiger partial charge in [0.15, 0.2) is 0 Å². The number of benzene rings is 2. The fraction of sp³-hybridized carbons (Fsp3) is 0.250. The zero-order valence-corrected chi connectivity index (χ0v) is 14.9. The molecule has 1 aliphatic heterocycles. The van der Waals surface area contributed by atoms with E-state index in [0.717, 1.165) is 12.1 Å². The van der Waals surface area contributed by atoms with Crippen molar-refractivity contribution in [2.45, 2.75) is 12.8 Å². The van der Waals surface area contributed by atoms with Crippen LogP contribution in [0.5, 0.6) is 0 Å². The molecular weight excluding hydrogens is 330 g/mol. The number of nitrogens with zero attached hydrogens (tertiary/aromatic N) is 2. The lowest BCUT2D eigenvalue weighted by Crippen LogP contribution is -2.24. The summed E-state index contributed by atoms with van der Waals surface area (Å²) >= 11 is 0. The predicted molar refractivity (Wildman–Crippen MR) is 100 cm³/mol. The number of nitrogens with one attached hydrogen (secondary N) is 1. The highest BCUT2D eigenvalue weighted by Crippen LogP contribution is 2.23. The monoisotopic (exact) mass is 351 g/mol. The van der Waals surface area contributed by atoms with Gasteiger partial charge >= 0.3 is 0 Å². The number of carbonyl (C=O) groups is 3. The van der Waals surface area contributed by atoms with E-state index in [4.69, 9.17) is 0 Å². The Balaban J connectivity index is 1.77. The third-order valence-electron chi connectivity index (χ3n) is 4.27. The molecule has 0 unspecified atom stereocenters. The first-order valence-corrected chi connectivity index (χ1v) is 8.49. The van der Waals surface area contributed by atoms with E-state index in [9.17, 15) is 14.4 Å². The summed E-state index contributed by atoms with van der Waals surface area (Å²) in [6.07, 6.45) is 1.38. The van der Waals surface area contributed by atoms with Gasteiger partial charge in [0, 0.05) is 49.6 Å². The van der Waals surface area contributed by atoms with Crippen LogP contribution in [0.4, 0.5) is 11.4 Å². The number of anilines is 2. The number of carbonyl (C=O) groups excluding carboxylic acids is 3. The third kappa shape index (κ3) is 3.74. The number of amides is 3. The quantitative estimate of drug-likeness (QED) is 0.921. The molecule has 1 aliphatic rings. The maximum atomic E-state index is 12.6. The van der Waals surface area contributed by atoms with Crippen molar-refractivity contribution in [1.82, 2.24) is 4.90 Å². The van der Waals surface area contributed by atoms with Gasteiger partial charge in [-0.1, -0.05) is 12.1 Å². The van der Waals surface area contributed by atoms with E-state index in [1.807, 2.05) is 6.07 Å². The summed E-state index contributed by atoms with van der Waals surface area (Å²) < 4.78 is 0. The topological polar surface area (TPSA) is 69.7 Å². The van der Waals surface area contributed by atoms with Crippen molar-refractivity contribution in [3.63, 3.8) is 0 Å². The molecule has 1 heterocycles. The molecule has 2 aromatic carbocycles. The Labute approximate surface area is 152 Å². The molecule has 1 fully saturated rings. The molecule has 0 radical (unpaired) electrons. The van der Waals surface area contributed by atoms with Gasteiger partial charge in [0.05, 0.1) is 0 Å². The highest BCUT2D eigenvalue weighted by atomic mass is 16.2. The van der Waals surface area contributed by atoms with Gasteiger partial charge < -0.3 is 15.1 Å². The van der Waals surface area contributed by atoms with Crippen molar-refractivity contribution in [2.75, 3.05) is 30.9 Å². The first-order chi connectivity index (χ1) is 12.5. The molecule has 0 aliphatic carbocycles. The molecule has 26 heavy (non-hydrogen) atoms. The third-order valence-corrected chi connectivity index (χ3v) is 4.27. The lowest BCUT2D eigenvalue weighted by molar-refractivity contribution is -0.117. The summed E-state index contributed by atoms with van der Waals surface area (Å²) in [4.78, 5) is 39.7.